The Hall–Kier alpha value is -0.870. The summed E-state index contributed by atoms with van der Waals surface area (Å²) in [5.74, 6) is 0.266. The van der Waals surface area contributed by atoms with Crippen molar-refractivity contribution in [2.75, 3.05) is 12.0 Å². The summed E-state index contributed by atoms with van der Waals surface area (Å²) in [6.07, 6.45) is 4.09. The zero-order valence-corrected chi connectivity index (χ0v) is 12.8. The van der Waals surface area contributed by atoms with Gasteiger partial charge in [0.1, 0.15) is 9.84 Å². The van der Waals surface area contributed by atoms with E-state index >= 15 is 0 Å². The highest BCUT2D eigenvalue weighted by Crippen LogP contribution is 2.49. The minimum atomic E-state index is -2.93. The SMILES string of the molecule is CC(C)(N)Cc1ccc(C2(CS(C)(=O)=O)CC2)cc1. The van der Waals surface area contributed by atoms with Gasteiger partial charge in [-0.05, 0) is 44.2 Å². The molecule has 2 rings (SSSR count). The van der Waals surface area contributed by atoms with Crippen LogP contribution >= 0.6 is 0 Å². The van der Waals surface area contributed by atoms with Crippen molar-refractivity contribution in [1.29, 1.82) is 0 Å². The lowest BCUT2D eigenvalue weighted by Gasteiger charge is -2.19. The molecule has 1 aromatic carbocycles. The first-order valence-electron chi connectivity index (χ1n) is 6.66. The summed E-state index contributed by atoms with van der Waals surface area (Å²) in [6, 6.07) is 8.29. The number of hydrogen-bond donors (Lipinski definition) is 1. The second-order valence-electron chi connectivity index (χ2n) is 6.71. The zero-order valence-electron chi connectivity index (χ0n) is 11.9. The van der Waals surface area contributed by atoms with E-state index in [-0.39, 0.29) is 16.7 Å². The summed E-state index contributed by atoms with van der Waals surface area (Å²) in [5, 5.41) is 0. The molecule has 0 amide bonds. The number of rotatable bonds is 5. The van der Waals surface area contributed by atoms with Gasteiger partial charge in [-0.1, -0.05) is 24.3 Å². The monoisotopic (exact) mass is 281 g/mol. The van der Waals surface area contributed by atoms with Crippen LogP contribution in [-0.4, -0.2) is 26.0 Å². The Balaban J connectivity index is 2.15. The van der Waals surface area contributed by atoms with Crippen molar-refractivity contribution in [3.8, 4) is 0 Å². The van der Waals surface area contributed by atoms with Crippen molar-refractivity contribution in [3.05, 3.63) is 35.4 Å². The van der Waals surface area contributed by atoms with E-state index in [1.165, 1.54) is 11.8 Å². The molecular formula is C15H23NO2S. The molecule has 1 saturated carbocycles. The molecule has 1 aliphatic rings. The lowest BCUT2D eigenvalue weighted by molar-refractivity contribution is 0.516. The van der Waals surface area contributed by atoms with E-state index in [4.69, 9.17) is 5.73 Å². The summed E-state index contributed by atoms with van der Waals surface area (Å²) < 4.78 is 23.0. The van der Waals surface area contributed by atoms with Gasteiger partial charge in [-0.15, -0.1) is 0 Å². The normalized spacial score (nSPS) is 18.3. The first kappa shape index (κ1) is 14.5. The fraction of sp³-hybridized carbons (Fsp3) is 0.600. The van der Waals surface area contributed by atoms with E-state index in [0.717, 1.165) is 24.8 Å². The Morgan fingerprint density at radius 3 is 2.11 bits per heavy atom. The molecule has 106 valence electrons. The highest BCUT2D eigenvalue weighted by molar-refractivity contribution is 7.90. The summed E-state index contributed by atoms with van der Waals surface area (Å²) in [4.78, 5) is 0. The van der Waals surface area contributed by atoms with Gasteiger partial charge in [-0.25, -0.2) is 8.42 Å². The van der Waals surface area contributed by atoms with Gasteiger partial charge >= 0.3 is 0 Å². The summed E-state index contributed by atoms with van der Waals surface area (Å²) in [7, 11) is -2.93. The zero-order chi connectivity index (χ0) is 14.3. The molecule has 3 nitrogen and oxygen atoms in total. The topological polar surface area (TPSA) is 60.2 Å². The molecule has 0 aromatic heterocycles. The lowest BCUT2D eigenvalue weighted by Crippen LogP contribution is -2.34. The molecule has 0 heterocycles. The third kappa shape index (κ3) is 4.05. The van der Waals surface area contributed by atoms with E-state index in [0.29, 0.717) is 0 Å². The summed E-state index contributed by atoms with van der Waals surface area (Å²) in [5.41, 5.74) is 8.02. The molecule has 0 aliphatic heterocycles. The van der Waals surface area contributed by atoms with E-state index in [1.54, 1.807) is 0 Å². The summed E-state index contributed by atoms with van der Waals surface area (Å²) >= 11 is 0. The fourth-order valence-corrected chi connectivity index (χ4v) is 4.13. The molecule has 1 aliphatic carbocycles. The molecule has 0 unspecified atom stereocenters. The Bertz CT molecular complexity index is 549. The van der Waals surface area contributed by atoms with Crippen LogP contribution in [0.15, 0.2) is 24.3 Å². The maximum absolute atomic E-state index is 11.5. The van der Waals surface area contributed by atoms with Crippen molar-refractivity contribution in [3.63, 3.8) is 0 Å². The first-order valence-corrected chi connectivity index (χ1v) is 8.72. The fourth-order valence-electron chi connectivity index (χ4n) is 2.67. The van der Waals surface area contributed by atoms with E-state index in [1.807, 2.05) is 13.8 Å². The molecule has 0 bridgehead atoms. The molecule has 19 heavy (non-hydrogen) atoms. The molecule has 0 atom stereocenters. The summed E-state index contributed by atoms with van der Waals surface area (Å²) in [6.45, 7) is 4.01. The molecule has 2 N–H and O–H groups in total. The first-order chi connectivity index (χ1) is 8.60. The predicted molar refractivity (Wildman–Crippen MR) is 79.0 cm³/mol. The molecule has 1 aromatic rings. The van der Waals surface area contributed by atoms with Crippen LogP contribution in [0.2, 0.25) is 0 Å². The Morgan fingerprint density at radius 2 is 1.74 bits per heavy atom. The quantitative estimate of drug-likeness (QED) is 0.898. The predicted octanol–water partition coefficient (Wildman–Crippen LogP) is 2.04. The highest BCUT2D eigenvalue weighted by Gasteiger charge is 2.46. The Labute approximate surface area is 116 Å². The molecule has 4 heteroatoms. The van der Waals surface area contributed by atoms with Crippen LogP contribution in [0.1, 0.15) is 37.8 Å². The maximum atomic E-state index is 11.5. The second kappa shape index (κ2) is 4.60. The van der Waals surface area contributed by atoms with E-state index < -0.39 is 9.84 Å². The smallest absolute Gasteiger partial charge is 0.148 e. The van der Waals surface area contributed by atoms with Crippen molar-refractivity contribution in [1.82, 2.24) is 0 Å². The average Bonchev–Trinajstić information content (AvgIpc) is 2.94. The van der Waals surface area contributed by atoms with Gasteiger partial charge in [-0.3, -0.25) is 0 Å². The average molecular weight is 281 g/mol. The van der Waals surface area contributed by atoms with E-state index in [2.05, 4.69) is 24.3 Å². The van der Waals surface area contributed by atoms with Crippen LogP contribution < -0.4 is 5.73 Å². The molecule has 0 spiro atoms. The van der Waals surface area contributed by atoms with Crippen LogP contribution in [0.5, 0.6) is 0 Å². The molecular weight excluding hydrogens is 258 g/mol. The number of hydrogen-bond acceptors (Lipinski definition) is 3. The minimum absolute atomic E-state index is 0.121. The third-order valence-electron chi connectivity index (χ3n) is 3.62. The number of sulfone groups is 1. The standard InChI is InChI=1S/C15H23NO2S/c1-14(2,16)10-12-4-6-13(7-5-12)15(8-9-15)11-19(3,17)18/h4-7H,8-11,16H2,1-3H3. The van der Waals surface area contributed by atoms with Crippen molar-refractivity contribution in [2.45, 2.75) is 44.1 Å². The van der Waals surface area contributed by atoms with Crippen molar-refractivity contribution in [2.24, 2.45) is 5.73 Å². The Kier molecular flexibility index (Phi) is 3.52. The molecule has 1 fully saturated rings. The van der Waals surface area contributed by atoms with Gasteiger partial charge in [0.15, 0.2) is 0 Å². The van der Waals surface area contributed by atoms with Crippen LogP contribution in [0.3, 0.4) is 0 Å². The van der Waals surface area contributed by atoms with Crippen LogP contribution in [0.4, 0.5) is 0 Å². The second-order valence-corrected chi connectivity index (χ2v) is 8.85. The number of nitrogens with two attached hydrogens (primary N) is 1. The molecule has 0 saturated heterocycles. The van der Waals surface area contributed by atoms with Crippen molar-refractivity contribution < 1.29 is 8.42 Å². The van der Waals surface area contributed by atoms with Gasteiger partial charge in [0, 0.05) is 17.2 Å². The highest BCUT2D eigenvalue weighted by atomic mass is 32.2. The lowest BCUT2D eigenvalue weighted by atomic mass is 9.92. The van der Waals surface area contributed by atoms with E-state index in [9.17, 15) is 8.42 Å². The third-order valence-corrected chi connectivity index (χ3v) is 4.70. The minimum Gasteiger partial charge on any atom is -0.325 e. The largest absolute Gasteiger partial charge is 0.325 e. The van der Waals surface area contributed by atoms with Crippen LogP contribution in [0.25, 0.3) is 0 Å². The van der Waals surface area contributed by atoms with Gasteiger partial charge in [0.25, 0.3) is 0 Å². The van der Waals surface area contributed by atoms with Crippen LogP contribution in [0, 0.1) is 0 Å². The van der Waals surface area contributed by atoms with Crippen LogP contribution in [-0.2, 0) is 21.7 Å². The molecule has 0 radical (unpaired) electrons. The van der Waals surface area contributed by atoms with Gasteiger partial charge in [0.05, 0.1) is 5.75 Å². The van der Waals surface area contributed by atoms with Gasteiger partial charge in [0.2, 0.25) is 0 Å². The van der Waals surface area contributed by atoms with Gasteiger partial charge < -0.3 is 5.73 Å². The number of benzene rings is 1. The van der Waals surface area contributed by atoms with Crippen molar-refractivity contribution >= 4 is 9.84 Å². The Morgan fingerprint density at radius 1 is 1.21 bits per heavy atom. The maximum Gasteiger partial charge on any atom is 0.148 e. The van der Waals surface area contributed by atoms with Gasteiger partial charge in [-0.2, -0.15) is 0 Å².